The smallest absolute Gasteiger partial charge is 0.272 e. The predicted molar refractivity (Wildman–Crippen MR) is 96.3 cm³/mol. The summed E-state index contributed by atoms with van der Waals surface area (Å²) in [6.07, 6.45) is 2.36. The van der Waals surface area contributed by atoms with Crippen LogP contribution in [-0.2, 0) is 0 Å². The second-order valence-electron chi connectivity index (χ2n) is 6.22. The summed E-state index contributed by atoms with van der Waals surface area (Å²) in [5, 5.41) is 0. The number of benzene rings is 1. The Morgan fingerprint density at radius 2 is 1.72 bits per heavy atom. The van der Waals surface area contributed by atoms with Crippen LogP contribution in [-0.4, -0.2) is 52.8 Å². The number of nitrogens with zero attached hydrogens (tertiary/aromatic N) is 3. The fourth-order valence-corrected chi connectivity index (χ4v) is 2.97. The number of hydrogen-bond acceptors (Lipinski definition) is 4. The molecule has 1 aromatic carbocycles. The van der Waals surface area contributed by atoms with Gasteiger partial charge in [0.1, 0.15) is 5.69 Å². The van der Waals surface area contributed by atoms with E-state index in [0.29, 0.717) is 43.1 Å². The van der Waals surface area contributed by atoms with E-state index >= 15 is 0 Å². The average molecular weight is 338 g/mol. The molecule has 0 bridgehead atoms. The van der Waals surface area contributed by atoms with Crippen molar-refractivity contribution in [1.82, 2.24) is 14.8 Å². The Bertz CT molecular complexity index is 776. The zero-order chi connectivity index (χ0) is 17.8. The van der Waals surface area contributed by atoms with Crippen molar-refractivity contribution in [3.8, 4) is 0 Å². The normalized spacial score (nSPS) is 14.9. The summed E-state index contributed by atoms with van der Waals surface area (Å²) in [5.74, 6) is -0.103. The Balaban J connectivity index is 1.68. The highest BCUT2D eigenvalue weighted by Crippen LogP contribution is 2.16. The van der Waals surface area contributed by atoms with Gasteiger partial charge >= 0.3 is 0 Å². The van der Waals surface area contributed by atoms with Crippen molar-refractivity contribution in [3.05, 3.63) is 59.4 Å². The highest BCUT2D eigenvalue weighted by Gasteiger charge is 2.24. The van der Waals surface area contributed by atoms with E-state index in [1.165, 1.54) is 0 Å². The minimum atomic E-state index is -0.0850. The number of aromatic nitrogens is 1. The lowest BCUT2D eigenvalue weighted by Gasteiger charge is -2.22. The summed E-state index contributed by atoms with van der Waals surface area (Å²) in [4.78, 5) is 32.9. The first-order valence-corrected chi connectivity index (χ1v) is 8.42. The monoisotopic (exact) mass is 338 g/mol. The van der Waals surface area contributed by atoms with Gasteiger partial charge in [0, 0.05) is 43.6 Å². The second-order valence-corrected chi connectivity index (χ2v) is 6.22. The molecule has 0 saturated carbocycles. The van der Waals surface area contributed by atoms with Crippen LogP contribution in [0.5, 0.6) is 0 Å². The number of nitrogens with two attached hydrogens (primary N) is 1. The second kappa shape index (κ2) is 7.34. The molecule has 2 heterocycles. The largest absolute Gasteiger partial charge is 0.399 e. The third kappa shape index (κ3) is 3.79. The first-order chi connectivity index (χ1) is 12.1. The van der Waals surface area contributed by atoms with Gasteiger partial charge in [0.05, 0.1) is 0 Å². The molecule has 0 spiro atoms. The Kier molecular flexibility index (Phi) is 4.97. The third-order valence-electron chi connectivity index (χ3n) is 4.47. The lowest BCUT2D eigenvalue weighted by molar-refractivity contribution is 0.0715. The van der Waals surface area contributed by atoms with Gasteiger partial charge in [-0.1, -0.05) is 6.07 Å². The molecule has 1 aromatic heterocycles. The topological polar surface area (TPSA) is 79.5 Å². The molecular formula is C19H22N4O2. The van der Waals surface area contributed by atoms with E-state index in [2.05, 4.69) is 4.98 Å². The molecule has 0 radical (unpaired) electrons. The van der Waals surface area contributed by atoms with E-state index in [9.17, 15) is 9.59 Å². The van der Waals surface area contributed by atoms with Crippen molar-refractivity contribution in [3.63, 3.8) is 0 Å². The van der Waals surface area contributed by atoms with Gasteiger partial charge in [0.15, 0.2) is 0 Å². The summed E-state index contributed by atoms with van der Waals surface area (Å²) in [6, 6.07) is 10.6. The van der Waals surface area contributed by atoms with Crippen LogP contribution in [0.25, 0.3) is 0 Å². The summed E-state index contributed by atoms with van der Waals surface area (Å²) < 4.78 is 0. The van der Waals surface area contributed by atoms with E-state index in [4.69, 9.17) is 5.73 Å². The number of anilines is 1. The SMILES string of the molecule is Cc1cc(C(=O)N2CCCN(C(=O)c3ccccn3)CC2)ccc1N. The minimum Gasteiger partial charge on any atom is -0.399 e. The fourth-order valence-electron chi connectivity index (χ4n) is 2.97. The Morgan fingerprint density at radius 1 is 1.00 bits per heavy atom. The number of rotatable bonds is 2. The van der Waals surface area contributed by atoms with Crippen LogP contribution >= 0.6 is 0 Å². The molecule has 2 N–H and O–H groups in total. The molecule has 0 aliphatic carbocycles. The molecule has 6 heteroatoms. The van der Waals surface area contributed by atoms with Crippen LogP contribution in [0.3, 0.4) is 0 Å². The molecule has 1 saturated heterocycles. The first-order valence-electron chi connectivity index (χ1n) is 8.42. The van der Waals surface area contributed by atoms with Gasteiger partial charge in [-0.3, -0.25) is 14.6 Å². The van der Waals surface area contributed by atoms with E-state index < -0.39 is 0 Å². The van der Waals surface area contributed by atoms with E-state index in [1.54, 1.807) is 46.3 Å². The molecule has 1 aliphatic rings. The van der Waals surface area contributed by atoms with Crippen LogP contribution in [0.2, 0.25) is 0 Å². The molecule has 2 amide bonds. The third-order valence-corrected chi connectivity index (χ3v) is 4.47. The van der Waals surface area contributed by atoms with Crippen molar-refractivity contribution >= 4 is 17.5 Å². The first kappa shape index (κ1) is 17.0. The molecule has 0 unspecified atom stereocenters. The number of aryl methyl sites for hydroxylation is 1. The van der Waals surface area contributed by atoms with Crippen LogP contribution in [0.1, 0.15) is 32.8 Å². The maximum absolute atomic E-state index is 12.7. The van der Waals surface area contributed by atoms with Crippen molar-refractivity contribution in [2.45, 2.75) is 13.3 Å². The highest BCUT2D eigenvalue weighted by atomic mass is 16.2. The maximum Gasteiger partial charge on any atom is 0.272 e. The molecule has 25 heavy (non-hydrogen) atoms. The van der Waals surface area contributed by atoms with Gasteiger partial charge in [-0.2, -0.15) is 0 Å². The number of pyridine rings is 1. The molecule has 0 atom stereocenters. The highest BCUT2D eigenvalue weighted by molar-refractivity contribution is 5.95. The van der Waals surface area contributed by atoms with Gasteiger partial charge in [-0.05, 0) is 49.2 Å². The predicted octanol–water partition coefficient (Wildman–Crippen LogP) is 1.96. The molecule has 130 valence electrons. The fraction of sp³-hybridized carbons (Fsp3) is 0.316. The maximum atomic E-state index is 12.7. The summed E-state index contributed by atoms with van der Waals surface area (Å²) in [5.41, 5.74) is 8.48. The minimum absolute atomic E-state index is 0.0183. The Hall–Kier alpha value is -2.89. The van der Waals surface area contributed by atoms with Crippen LogP contribution < -0.4 is 5.73 Å². The quantitative estimate of drug-likeness (QED) is 0.849. The number of nitrogen functional groups attached to an aromatic ring is 1. The lowest BCUT2D eigenvalue weighted by Crippen LogP contribution is -2.37. The van der Waals surface area contributed by atoms with Crippen molar-refractivity contribution in [2.75, 3.05) is 31.9 Å². The Labute approximate surface area is 147 Å². The number of hydrogen-bond donors (Lipinski definition) is 1. The van der Waals surface area contributed by atoms with E-state index in [1.807, 2.05) is 13.0 Å². The van der Waals surface area contributed by atoms with Crippen molar-refractivity contribution in [2.24, 2.45) is 0 Å². The average Bonchev–Trinajstić information content (AvgIpc) is 2.89. The van der Waals surface area contributed by atoms with Crippen molar-refractivity contribution in [1.29, 1.82) is 0 Å². The zero-order valence-corrected chi connectivity index (χ0v) is 14.3. The van der Waals surface area contributed by atoms with Crippen LogP contribution in [0.15, 0.2) is 42.6 Å². The standard InChI is InChI=1S/C19H22N4O2/c1-14-13-15(6-7-16(14)20)18(24)22-9-4-10-23(12-11-22)19(25)17-5-2-3-8-21-17/h2-3,5-8,13H,4,9-12,20H2,1H3. The molecule has 1 aliphatic heterocycles. The van der Waals surface area contributed by atoms with Gasteiger partial charge < -0.3 is 15.5 Å². The zero-order valence-electron chi connectivity index (χ0n) is 14.3. The molecule has 2 aromatic rings. The number of carbonyl (C=O) groups is 2. The van der Waals surface area contributed by atoms with Crippen LogP contribution in [0.4, 0.5) is 5.69 Å². The van der Waals surface area contributed by atoms with E-state index in [-0.39, 0.29) is 11.8 Å². The molecule has 1 fully saturated rings. The van der Waals surface area contributed by atoms with Crippen LogP contribution in [0, 0.1) is 6.92 Å². The van der Waals surface area contributed by atoms with Gasteiger partial charge in [-0.25, -0.2) is 0 Å². The summed E-state index contributed by atoms with van der Waals surface area (Å²) in [6.45, 7) is 4.17. The van der Waals surface area contributed by atoms with Gasteiger partial charge in [-0.15, -0.1) is 0 Å². The summed E-state index contributed by atoms with van der Waals surface area (Å²) in [7, 11) is 0. The van der Waals surface area contributed by atoms with E-state index in [0.717, 1.165) is 12.0 Å². The van der Waals surface area contributed by atoms with Crippen molar-refractivity contribution < 1.29 is 9.59 Å². The Morgan fingerprint density at radius 3 is 2.36 bits per heavy atom. The van der Waals surface area contributed by atoms with Gasteiger partial charge in [0.25, 0.3) is 11.8 Å². The molecule has 6 nitrogen and oxygen atoms in total. The molecule has 3 rings (SSSR count). The number of carbonyl (C=O) groups excluding carboxylic acids is 2. The number of amides is 2. The van der Waals surface area contributed by atoms with Gasteiger partial charge in [0.2, 0.25) is 0 Å². The molecular weight excluding hydrogens is 316 g/mol. The summed E-state index contributed by atoms with van der Waals surface area (Å²) >= 11 is 0. The lowest BCUT2D eigenvalue weighted by atomic mass is 10.1.